The summed E-state index contributed by atoms with van der Waals surface area (Å²) < 4.78 is 7.13. The first kappa shape index (κ1) is 14.0. The molecule has 1 aromatic carbocycles. The van der Waals surface area contributed by atoms with E-state index >= 15 is 0 Å². The molecule has 0 amide bonds. The van der Waals surface area contributed by atoms with Crippen molar-refractivity contribution >= 4 is 11.5 Å². The van der Waals surface area contributed by atoms with E-state index in [2.05, 4.69) is 20.6 Å². The lowest BCUT2D eigenvalue weighted by molar-refractivity contribution is 0.195. The highest BCUT2D eigenvalue weighted by Gasteiger charge is 2.16. The maximum Gasteiger partial charge on any atom is 0.178 e. The van der Waals surface area contributed by atoms with Gasteiger partial charge in [-0.3, -0.25) is 0 Å². The highest BCUT2D eigenvalue weighted by Crippen LogP contribution is 2.16. The molecule has 0 radical (unpaired) electrons. The van der Waals surface area contributed by atoms with E-state index in [0.29, 0.717) is 24.7 Å². The van der Waals surface area contributed by atoms with Gasteiger partial charge in [-0.05, 0) is 36.2 Å². The fourth-order valence-corrected chi connectivity index (χ4v) is 2.67. The number of hydrogen-bond acceptors (Lipinski definition) is 6. The minimum absolute atomic E-state index is 0.253. The van der Waals surface area contributed by atoms with Crippen LogP contribution in [-0.2, 0) is 11.2 Å². The quantitative estimate of drug-likeness (QED) is 0.762. The maximum atomic E-state index is 9.36. The van der Waals surface area contributed by atoms with Crippen molar-refractivity contribution in [3.63, 3.8) is 0 Å². The first-order chi connectivity index (χ1) is 11.3. The molecule has 0 spiro atoms. The third kappa shape index (κ3) is 2.95. The van der Waals surface area contributed by atoms with Crippen molar-refractivity contribution < 1.29 is 9.84 Å². The third-order valence-corrected chi connectivity index (χ3v) is 3.91. The van der Waals surface area contributed by atoms with Gasteiger partial charge in [0.2, 0.25) is 0 Å². The highest BCUT2D eigenvalue weighted by molar-refractivity contribution is 5.45. The molecule has 7 heteroatoms. The Morgan fingerprint density at radius 2 is 2.04 bits per heavy atom. The van der Waals surface area contributed by atoms with Gasteiger partial charge in [-0.15, -0.1) is 15.3 Å². The van der Waals surface area contributed by atoms with E-state index in [-0.39, 0.29) is 5.75 Å². The molecular formula is C16H17N5O2. The molecule has 3 heterocycles. The van der Waals surface area contributed by atoms with Gasteiger partial charge in [0.05, 0.1) is 12.6 Å². The second-order valence-corrected chi connectivity index (χ2v) is 5.65. The van der Waals surface area contributed by atoms with Crippen LogP contribution in [-0.4, -0.2) is 44.2 Å². The van der Waals surface area contributed by atoms with Crippen LogP contribution in [0.15, 0.2) is 36.4 Å². The molecule has 0 saturated carbocycles. The van der Waals surface area contributed by atoms with Crippen molar-refractivity contribution in [1.82, 2.24) is 19.8 Å². The van der Waals surface area contributed by atoms with Gasteiger partial charge in [-0.1, -0.05) is 12.1 Å². The van der Waals surface area contributed by atoms with Gasteiger partial charge in [0.15, 0.2) is 11.5 Å². The Balaban J connectivity index is 1.60. The summed E-state index contributed by atoms with van der Waals surface area (Å²) >= 11 is 0. The molecule has 2 N–H and O–H groups in total. The second kappa shape index (κ2) is 5.85. The number of rotatable bonds is 4. The average molecular weight is 311 g/mol. The number of nitrogens with zero attached hydrogens (tertiary/aromatic N) is 4. The fraction of sp³-hybridized carbons (Fsp3) is 0.312. The van der Waals surface area contributed by atoms with Crippen LogP contribution >= 0.6 is 0 Å². The molecule has 7 nitrogen and oxygen atoms in total. The second-order valence-electron chi connectivity index (χ2n) is 5.65. The van der Waals surface area contributed by atoms with Crippen LogP contribution in [0.1, 0.15) is 17.8 Å². The number of aromatic nitrogens is 4. The Kier molecular flexibility index (Phi) is 3.55. The number of ether oxygens (including phenoxy) is 1. The molecule has 1 saturated heterocycles. The SMILES string of the molecule is Oc1ccc(Cc2nnc3ccc(N[C@@H]4CCOC4)nn23)cc1. The van der Waals surface area contributed by atoms with Gasteiger partial charge in [-0.25, -0.2) is 0 Å². The van der Waals surface area contributed by atoms with Crippen molar-refractivity contribution in [3.8, 4) is 5.75 Å². The van der Waals surface area contributed by atoms with E-state index in [4.69, 9.17) is 4.74 Å². The molecule has 2 aromatic heterocycles. The zero-order valence-corrected chi connectivity index (χ0v) is 12.5. The zero-order chi connectivity index (χ0) is 15.6. The number of nitrogens with one attached hydrogen (secondary N) is 1. The number of phenolic OH excluding ortho intramolecular Hbond substituents is 1. The monoisotopic (exact) mass is 311 g/mol. The molecular weight excluding hydrogens is 294 g/mol. The summed E-state index contributed by atoms with van der Waals surface area (Å²) in [6, 6.07) is 11.2. The van der Waals surface area contributed by atoms with E-state index in [1.54, 1.807) is 16.6 Å². The minimum Gasteiger partial charge on any atom is -0.508 e. The van der Waals surface area contributed by atoms with Crippen molar-refractivity contribution in [2.24, 2.45) is 0 Å². The largest absolute Gasteiger partial charge is 0.508 e. The van der Waals surface area contributed by atoms with Gasteiger partial charge in [-0.2, -0.15) is 4.52 Å². The van der Waals surface area contributed by atoms with Gasteiger partial charge in [0.1, 0.15) is 11.6 Å². The van der Waals surface area contributed by atoms with Crippen LogP contribution in [0.2, 0.25) is 0 Å². The number of aromatic hydroxyl groups is 1. The molecule has 0 bridgehead atoms. The lowest BCUT2D eigenvalue weighted by Crippen LogP contribution is -2.20. The van der Waals surface area contributed by atoms with E-state index in [0.717, 1.165) is 30.2 Å². The smallest absolute Gasteiger partial charge is 0.178 e. The number of anilines is 1. The number of hydrogen-bond donors (Lipinski definition) is 2. The fourth-order valence-electron chi connectivity index (χ4n) is 2.67. The van der Waals surface area contributed by atoms with E-state index < -0.39 is 0 Å². The van der Waals surface area contributed by atoms with Crippen LogP contribution in [0.25, 0.3) is 5.65 Å². The molecule has 1 aliphatic heterocycles. The summed E-state index contributed by atoms with van der Waals surface area (Å²) in [7, 11) is 0. The van der Waals surface area contributed by atoms with Crippen molar-refractivity contribution in [1.29, 1.82) is 0 Å². The molecule has 4 rings (SSSR count). The summed E-state index contributed by atoms with van der Waals surface area (Å²) in [5, 5.41) is 25.7. The molecule has 1 atom stereocenters. The molecule has 1 fully saturated rings. The summed E-state index contributed by atoms with van der Waals surface area (Å²) in [4.78, 5) is 0. The highest BCUT2D eigenvalue weighted by atomic mass is 16.5. The lowest BCUT2D eigenvalue weighted by atomic mass is 10.1. The van der Waals surface area contributed by atoms with Crippen molar-refractivity contribution in [2.75, 3.05) is 18.5 Å². The molecule has 23 heavy (non-hydrogen) atoms. The van der Waals surface area contributed by atoms with Crippen LogP contribution in [0, 0.1) is 0 Å². The number of benzene rings is 1. The van der Waals surface area contributed by atoms with Crippen LogP contribution in [0.4, 0.5) is 5.82 Å². The van der Waals surface area contributed by atoms with Gasteiger partial charge >= 0.3 is 0 Å². The Morgan fingerprint density at radius 1 is 1.17 bits per heavy atom. The van der Waals surface area contributed by atoms with E-state index in [1.165, 1.54) is 0 Å². The lowest BCUT2D eigenvalue weighted by Gasteiger charge is -2.11. The third-order valence-electron chi connectivity index (χ3n) is 3.91. The molecule has 3 aromatic rings. The number of fused-ring (bicyclic) bond motifs is 1. The first-order valence-electron chi connectivity index (χ1n) is 7.61. The van der Waals surface area contributed by atoms with Crippen molar-refractivity contribution in [3.05, 3.63) is 47.8 Å². The van der Waals surface area contributed by atoms with Gasteiger partial charge in [0, 0.05) is 13.0 Å². The number of phenols is 1. The average Bonchev–Trinajstić information content (AvgIpc) is 3.20. The van der Waals surface area contributed by atoms with Gasteiger partial charge < -0.3 is 15.2 Å². The predicted octanol–water partition coefficient (Wildman–Crippen LogP) is 1.62. The summed E-state index contributed by atoms with van der Waals surface area (Å²) in [5.41, 5.74) is 1.76. The normalized spacial score (nSPS) is 17.7. The van der Waals surface area contributed by atoms with Gasteiger partial charge in [0.25, 0.3) is 0 Å². The minimum atomic E-state index is 0.253. The van der Waals surface area contributed by atoms with Crippen LogP contribution < -0.4 is 5.32 Å². The van der Waals surface area contributed by atoms with E-state index in [9.17, 15) is 5.11 Å². The molecule has 1 aliphatic rings. The molecule has 118 valence electrons. The Labute approximate surface area is 132 Å². The predicted molar refractivity (Wildman–Crippen MR) is 84.5 cm³/mol. The standard InChI is InChI=1S/C16H17N5O2/c22-13-3-1-11(2-4-13)9-16-19-18-15-6-5-14(20-21(15)16)17-12-7-8-23-10-12/h1-6,12,22H,7-10H2,(H,17,20)/t12-/m1/s1. The summed E-state index contributed by atoms with van der Waals surface area (Å²) in [5.74, 6) is 1.81. The Hall–Kier alpha value is -2.67. The summed E-state index contributed by atoms with van der Waals surface area (Å²) in [6.07, 6.45) is 1.59. The molecule has 0 unspecified atom stereocenters. The molecule has 0 aliphatic carbocycles. The topological polar surface area (TPSA) is 84.6 Å². The Morgan fingerprint density at radius 3 is 2.83 bits per heavy atom. The van der Waals surface area contributed by atoms with Crippen LogP contribution in [0.3, 0.4) is 0 Å². The maximum absolute atomic E-state index is 9.36. The van der Waals surface area contributed by atoms with E-state index in [1.807, 2.05) is 24.3 Å². The van der Waals surface area contributed by atoms with Crippen molar-refractivity contribution in [2.45, 2.75) is 18.9 Å². The Bertz CT molecular complexity index is 809. The van der Waals surface area contributed by atoms with Crippen LogP contribution in [0.5, 0.6) is 5.75 Å². The first-order valence-corrected chi connectivity index (χ1v) is 7.61. The zero-order valence-electron chi connectivity index (χ0n) is 12.5. The summed E-state index contributed by atoms with van der Waals surface area (Å²) in [6.45, 7) is 1.50.